The third kappa shape index (κ3) is 3.10. The predicted octanol–water partition coefficient (Wildman–Crippen LogP) is 2.50. The second kappa shape index (κ2) is 6.45. The number of hydrogen-bond donors (Lipinski definition) is 2. The van der Waals surface area contributed by atoms with E-state index in [0.717, 1.165) is 5.56 Å². The molecule has 130 valence electrons. The van der Waals surface area contributed by atoms with Gasteiger partial charge in [0, 0.05) is 25.4 Å². The second-order valence-corrected chi connectivity index (χ2v) is 6.52. The van der Waals surface area contributed by atoms with Crippen LogP contribution >= 0.6 is 23.8 Å². The van der Waals surface area contributed by atoms with Gasteiger partial charge in [-0.2, -0.15) is 5.10 Å². The molecular weight excluding hydrogens is 364 g/mol. The summed E-state index contributed by atoms with van der Waals surface area (Å²) in [6, 6.07) is 6.68. The van der Waals surface area contributed by atoms with Crippen LogP contribution in [0.1, 0.15) is 30.5 Å². The highest BCUT2D eigenvalue weighted by Crippen LogP contribution is 2.34. The van der Waals surface area contributed by atoms with Crippen LogP contribution in [0.15, 0.2) is 34.2 Å². The second-order valence-electron chi connectivity index (χ2n) is 5.70. The maximum Gasteiger partial charge on any atom is 0.264 e. The van der Waals surface area contributed by atoms with Gasteiger partial charge < -0.3 is 5.11 Å². The number of nitrogens with one attached hydrogen (secondary N) is 1. The highest BCUT2D eigenvalue weighted by atomic mass is 35.5. The van der Waals surface area contributed by atoms with Gasteiger partial charge in [0.2, 0.25) is 11.8 Å². The van der Waals surface area contributed by atoms with Gasteiger partial charge in [-0.3, -0.25) is 19.1 Å². The van der Waals surface area contributed by atoms with Crippen molar-refractivity contribution < 1.29 is 9.90 Å². The van der Waals surface area contributed by atoms with Gasteiger partial charge in [0.1, 0.15) is 5.56 Å². The lowest BCUT2D eigenvalue weighted by molar-refractivity contribution is -0.130. The number of benzene rings is 1. The van der Waals surface area contributed by atoms with Crippen molar-refractivity contribution >= 4 is 35.4 Å². The Morgan fingerprint density at radius 3 is 2.64 bits per heavy atom. The Balaban J connectivity index is 2.08. The molecule has 0 aliphatic carbocycles. The number of H-pyrrole nitrogens is 1. The average Bonchev–Trinajstić information content (AvgIpc) is 2.98. The number of aromatic hydroxyl groups is 1. The van der Waals surface area contributed by atoms with Gasteiger partial charge in [0.15, 0.2) is 4.77 Å². The van der Waals surface area contributed by atoms with Crippen LogP contribution in [0.5, 0.6) is 5.88 Å². The average molecular weight is 379 g/mol. The van der Waals surface area contributed by atoms with Crippen molar-refractivity contribution in [1.82, 2.24) is 14.6 Å². The lowest BCUT2D eigenvalue weighted by Gasteiger charge is -2.20. The summed E-state index contributed by atoms with van der Waals surface area (Å²) in [6.07, 6.45) is 0.286. The molecular formula is C16H15ClN4O3S. The number of aromatic amines is 1. The van der Waals surface area contributed by atoms with E-state index >= 15 is 0 Å². The predicted molar refractivity (Wildman–Crippen MR) is 96.4 cm³/mol. The molecule has 0 radical (unpaired) electrons. The fourth-order valence-corrected chi connectivity index (χ4v) is 3.07. The molecule has 2 N–H and O–H groups in total. The fraction of sp³-hybridized carbons (Fsp3) is 0.250. The molecule has 2 aromatic rings. The van der Waals surface area contributed by atoms with Crippen LogP contribution in [0, 0.1) is 4.77 Å². The number of hydrazone groups is 1. The zero-order valence-corrected chi connectivity index (χ0v) is 15.1. The van der Waals surface area contributed by atoms with Gasteiger partial charge in [-0.1, -0.05) is 23.7 Å². The number of amides is 1. The summed E-state index contributed by atoms with van der Waals surface area (Å²) >= 11 is 10.9. The Morgan fingerprint density at radius 2 is 2.04 bits per heavy atom. The number of rotatable bonds is 2. The molecule has 1 aromatic carbocycles. The Labute approximate surface area is 153 Å². The Bertz CT molecular complexity index is 994. The Kier molecular flexibility index (Phi) is 4.49. The zero-order valence-electron chi connectivity index (χ0n) is 13.5. The van der Waals surface area contributed by atoms with Gasteiger partial charge in [-0.15, -0.1) is 0 Å². The van der Waals surface area contributed by atoms with Crippen LogP contribution in [-0.2, 0) is 11.8 Å². The fourth-order valence-electron chi connectivity index (χ4n) is 2.77. The SMILES string of the molecule is CC(=O)N1N=C(c2c(O)n(C)c(=S)[nH]c2=O)C[C@@H]1c1ccc(Cl)cc1. The topological polar surface area (TPSA) is 90.7 Å². The van der Waals surface area contributed by atoms with Crippen molar-refractivity contribution in [2.45, 2.75) is 19.4 Å². The minimum absolute atomic E-state index is 0.0128. The Hall–Kier alpha value is -2.45. The molecule has 1 aliphatic rings. The molecule has 3 rings (SSSR count). The number of aromatic nitrogens is 2. The molecule has 1 aromatic heterocycles. The van der Waals surface area contributed by atoms with Gasteiger partial charge in [0.05, 0.1) is 11.8 Å². The molecule has 0 fully saturated rings. The molecule has 0 saturated carbocycles. The zero-order chi connectivity index (χ0) is 18.3. The maximum absolute atomic E-state index is 12.3. The van der Waals surface area contributed by atoms with Crippen molar-refractivity contribution in [3.05, 3.63) is 55.5 Å². The van der Waals surface area contributed by atoms with E-state index < -0.39 is 5.56 Å². The van der Waals surface area contributed by atoms with Crippen molar-refractivity contribution in [3.8, 4) is 5.88 Å². The van der Waals surface area contributed by atoms with Crippen LogP contribution in [0.25, 0.3) is 0 Å². The van der Waals surface area contributed by atoms with Crippen LogP contribution < -0.4 is 5.56 Å². The molecule has 7 nitrogen and oxygen atoms in total. The van der Waals surface area contributed by atoms with Crippen LogP contribution in [0.4, 0.5) is 0 Å². The molecule has 2 heterocycles. The van der Waals surface area contributed by atoms with Crippen molar-refractivity contribution in [2.75, 3.05) is 0 Å². The maximum atomic E-state index is 12.3. The highest BCUT2D eigenvalue weighted by molar-refractivity contribution is 7.71. The molecule has 0 saturated heterocycles. The summed E-state index contributed by atoms with van der Waals surface area (Å²) in [7, 11) is 1.53. The van der Waals surface area contributed by atoms with Gasteiger partial charge >= 0.3 is 0 Å². The summed E-state index contributed by atoms with van der Waals surface area (Å²) in [5.41, 5.74) is 0.622. The van der Waals surface area contributed by atoms with Gasteiger partial charge in [-0.25, -0.2) is 5.01 Å². The first-order chi connectivity index (χ1) is 11.8. The quantitative estimate of drug-likeness (QED) is 0.785. The molecule has 9 heteroatoms. The Morgan fingerprint density at radius 1 is 1.40 bits per heavy atom. The van der Waals surface area contributed by atoms with E-state index in [-0.39, 0.29) is 34.6 Å². The first-order valence-electron chi connectivity index (χ1n) is 7.45. The highest BCUT2D eigenvalue weighted by Gasteiger charge is 2.34. The normalized spacial score (nSPS) is 16.8. The summed E-state index contributed by atoms with van der Waals surface area (Å²) in [5, 5.41) is 16.5. The molecule has 1 atom stereocenters. The lowest BCUT2D eigenvalue weighted by atomic mass is 9.99. The van der Waals surface area contributed by atoms with Gasteiger partial charge in [0.25, 0.3) is 5.56 Å². The molecule has 0 unspecified atom stereocenters. The standard InChI is InChI=1S/C16H15ClN4O3S/c1-8(22)21-12(9-3-5-10(17)6-4-9)7-11(19-21)13-14(23)18-16(25)20(2)15(13)24/h3-6,12,24H,7H2,1-2H3,(H,18,23,25)/t12-/m1/s1. The number of hydrogen-bond acceptors (Lipinski definition) is 5. The number of nitrogens with zero attached hydrogens (tertiary/aromatic N) is 3. The summed E-state index contributed by atoms with van der Waals surface area (Å²) < 4.78 is 1.38. The van der Waals surface area contributed by atoms with E-state index in [1.807, 2.05) is 0 Å². The van der Waals surface area contributed by atoms with Crippen molar-refractivity contribution in [1.29, 1.82) is 0 Å². The number of carbonyl (C=O) groups is 1. The van der Waals surface area contributed by atoms with Crippen LogP contribution in [-0.4, -0.2) is 31.3 Å². The van der Waals surface area contributed by atoms with E-state index in [1.165, 1.54) is 23.5 Å². The van der Waals surface area contributed by atoms with E-state index in [0.29, 0.717) is 10.7 Å². The first kappa shape index (κ1) is 17.4. The third-order valence-corrected chi connectivity index (χ3v) is 4.70. The summed E-state index contributed by atoms with van der Waals surface area (Å²) in [6.45, 7) is 1.39. The van der Waals surface area contributed by atoms with E-state index in [9.17, 15) is 14.7 Å². The number of carbonyl (C=O) groups excluding carboxylic acids is 1. The van der Waals surface area contributed by atoms with E-state index in [1.54, 1.807) is 24.3 Å². The largest absolute Gasteiger partial charge is 0.494 e. The summed E-state index contributed by atoms with van der Waals surface area (Å²) in [4.78, 5) is 26.7. The third-order valence-electron chi connectivity index (χ3n) is 4.07. The van der Waals surface area contributed by atoms with E-state index in [2.05, 4.69) is 10.1 Å². The minimum atomic E-state index is -0.542. The van der Waals surface area contributed by atoms with Gasteiger partial charge in [-0.05, 0) is 29.9 Å². The lowest BCUT2D eigenvalue weighted by Crippen LogP contribution is -2.24. The molecule has 1 aliphatic heterocycles. The minimum Gasteiger partial charge on any atom is -0.494 e. The van der Waals surface area contributed by atoms with Crippen molar-refractivity contribution in [3.63, 3.8) is 0 Å². The smallest absolute Gasteiger partial charge is 0.264 e. The number of halogens is 1. The molecule has 1 amide bonds. The summed E-state index contributed by atoms with van der Waals surface area (Å²) in [5.74, 6) is -0.553. The van der Waals surface area contributed by atoms with E-state index in [4.69, 9.17) is 23.8 Å². The monoisotopic (exact) mass is 378 g/mol. The molecule has 0 spiro atoms. The van der Waals surface area contributed by atoms with Crippen LogP contribution in [0.2, 0.25) is 5.02 Å². The van der Waals surface area contributed by atoms with Crippen LogP contribution in [0.3, 0.4) is 0 Å². The molecule has 25 heavy (non-hydrogen) atoms. The molecule has 0 bridgehead atoms. The van der Waals surface area contributed by atoms with Crippen molar-refractivity contribution in [2.24, 2.45) is 12.1 Å². The first-order valence-corrected chi connectivity index (χ1v) is 8.23.